The molecule has 2 atom stereocenters. The van der Waals surface area contributed by atoms with Crippen molar-refractivity contribution in [3.8, 4) is 5.69 Å². The highest BCUT2D eigenvalue weighted by Gasteiger charge is 2.24. The lowest BCUT2D eigenvalue weighted by Crippen LogP contribution is -2.33. The fourth-order valence-corrected chi connectivity index (χ4v) is 4.92. The van der Waals surface area contributed by atoms with Gasteiger partial charge in [-0.1, -0.05) is 30.3 Å². The number of carbonyl (C=O) groups is 1. The Morgan fingerprint density at radius 3 is 2.24 bits per heavy atom. The summed E-state index contributed by atoms with van der Waals surface area (Å²) in [7, 11) is 0. The van der Waals surface area contributed by atoms with Gasteiger partial charge in [-0.05, 0) is 81.7 Å². The topological polar surface area (TPSA) is 63.1 Å². The van der Waals surface area contributed by atoms with E-state index in [4.69, 9.17) is 0 Å². The van der Waals surface area contributed by atoms with Gasteiger partial charge in [-0.3, -0.25) is 14.3 Å². The second-order valence-electron chi connectivity index (χ2n) is 8.59. The number of rotatable bonds is 8. The van der Waals surface area contributed by atoms with E-state index in [9.17, 15) is 13.6 Å². The minimum atomic E-state index is -0.450. The van der Waals surface area contributed by atoms with Crippen LogP contribution in [-0.2, 0) is 11.3 Å². The van der Waals surface area contributed by atoms with Crippen molar-refractivity contribution in [1.82, 2.24) is 25.0 Å². The molecule has 0 saturated carbocycles. The lowest BCUT2D eigenvalue weighted by molar-refractivity contribution is -0.120. The molecule has 0 unspecified atom stereocenters. The molecule has 0 spiro atoms. The van der Waals surface area contributed by atoms with Crippen molar-refractivity contribution < 1.29 is 13.6 Å². The number of halogens is 2. The predicted molar refractivity (Wildman–Crippen MR) is 129 cm³/mol. The molecule has 0 radical (unpaired) electrons. The van der Waals surface area contributed by atoms with E-state index in [0.717, 1.165) is 43.0 Å². The summed E-state index contributed by atoms with van der Waals surface area (Å²) in [5.41, 5.74) is 1.58. The van der Waals surface area contributed by atoms with E-state index >= 15 is 0 Å². The van der Waals surface area contributed by atoms with Crippen LogP contribution in [0.2, 0.25) is 0 Å². The van der Waals surface area contributed by atoms with E-state index in [-0.39, 0.29) is 23.6 Å². The van der Waals surface area contributed by atoms with Crippen molar-refractivity contribution >= 4 is 17.7 Å². The molecule has 1 aliphatic rings. The second kappa shape index (κ2) is 11.1. The van der Waals surface area contributed by atoms with Crippen molar-refractivity contribution in [3.05, 3.63) is 71.6 Å². The fourth-order valence-electron chi connectivity index (χ4n) is 4.02. The Balaban J connectivity index is 1.51. The standard InChI is InChI=1S/C25H29F2N5OS/c1-17(19-6-8-20(26)9-7-19)28-24(33)18(2)34-25-30-29-23(16-31-14-4-3-5-15-31)32(25)22-12-10-21(27)11-13-22/h6-13,17-18H,3-5,14-16H2,1-2H3,(H,28,33)/t17-,18-/m0/s1. The summed E-state index contributed by atoms with van der Waals surface area (Å²) in [5, 5.41) is 11.9. The molecular formula is C25H29F2N5OS. The van der Waals surface area contributed by atoms with Crippen molar-refractivity contribution in [2.24, 2.45) is 0 Å². The summed E-state index contributed by atoms with van der Waals surface area (Å²) in [6.07, 6.45) is 3.57. The molecule has 0 bridgehead atoms. The lowest BCUT2D eigenvalue weighted by atomic mass is 10.1. The first-order chi connectivity index (χ1) is 16.4. The maximum atomic E-state index is 13.6. The molecule has 6 nitrogen and oxygen atoms in total. The van der Waals surface area contributed by atoms with Crippen LogP contribution in [0, 0.1) is 11.6 Å². The number of hydrogen-bond acceptors (Lipinski definition) is 5. The molecule has 9 heteroatoms. The zero-order valence-corrected chi connectivity index (χ0v) is 20.2. The Kier molecular flexibility index (Phi) is 7.95. The average molecular weight is 486 g/mol. The molecule has 3 aromatic rings. The zero-order valence-electron chi connectivity index (χ0n) is 19.4. The molecule has 4 rings (SSSR count). The number of nitrogens with zero attached hydrogens (tertiary/aromatic N) is 4. The SMILES string of the molecule is C[C@H](Sc1nnc(CN2CCCCC2)n1-c1ccc(F)cc1)C(=O)N[C@@H](C)c1ccc(F)cc1. The van der Waals surface area contributed by atoms with Gasteiger partial charge in [0.1, 0.15) is 11.6 Å². The summed E-state index contributed by atoms with van der Waals surface area (Å²) in [6.45, 7) is 6.34. The average Bonchev–Trinajstić information content (AvgIpc) is 3.22. The van der Waals surface area contributed by atoms with E-state index < -0.39 is 5.25 Å². The monoisotopic (exact) mass is 485 g/mol. The normalized spacial score (nSPS) is 16.2. The number of aromatic nitrogens is 3. The number of benzene rings is 2. The van der Waals surface area contributed by atoms with Crippen LogP contribution in [0.4, 0.5) is 8.78 Å². The number of nitrogens with one attached hydrogen (secondary N) is 1. The zero-order chi connectivity index (χ0) is 24.1. The van der Waals surface area contributed by atoms with Gasteiger partial charge in [-0.15, -0.1) is 10.2 Å². The molecule has 180 valence electrons. The van der Waals surface area contributed by atoms with Gasteiger partial charge in [0.2, 0.25) is 5.91 Å². The van der Waals surface area contributed by atoms with Gasteiger partial charge in [-0.2, -0.15) is 0 Å². The Morgan fingerprint density at radius 1 is 0.971 bits per heavy atom. The van der Waals surface area contributed by atoms with E-state index in [0.29, 0.717) is 11.7 Å². The molecule has 34 heavy (non-hydrogen) atoms. The van der Waals surface area contributed by atoms with Gasteiger partial charge in [0.15, 0.2) is 11.0 Å². The predicted octanol–water partition coefficient (Wildman–Crippen LogP) is 4.89. The fraction of sp³-hybridized carbons (Fsp3) is 0.400. The molecule has 1 amide bonds. The third-order valence-corrected chi connectivity index (χ3v) is 7.02. The first-order valence-corrected chi connectivity index (χ1v) is 12.4. The molecule has 2 aromatic carbocycles. The number of hydrogen-bond donors (Lipinski definition) is 1. The summed E-state index contributed by atoms with van der Waals surface area (Å²) < 4.78 is 28.7. The third-order valence-electron chi connectivity index (χ3n) is 5.98. The Bertz CT molecular complexity index is 1100. The molecule has 1 fully saturated rings. The van der Waals surface area contributed by atoms with Crippen LogP contribution >= 0.6 is 11.8 Å². The number of amides is 1. The maximum Gasteiger partial charge on any atom is 0.233 e. The van der Waals surface area contributed by atoms with Crippen molar-refractivity contribution in [2.75, 3.05) is 13.1 Å². The van der Waals surface area contributed by atoms with E-state index in [1.807, 2.05) is 18.4 Å². The summed E-state index contributed by atoms with van der Waals surface area (Å²) in [6, 6.07) is 12.0. The highest BCUT2D eigenvalue weighted by Crippen LogP contribution is 2.27. The molecule has 2 heterocycles. The van der Waals surface area contributed by atoms with Crippen molar-refractivity contribution in [3.63, 3.8) is 0 Å². The van der Waals surface area contributed by atoms with Crippen LogP contribution in [-0.4, -0.2) is 43.9 Å². The first kappa shape index (κ1) is 24.3. The van der Waals surface area contributed by atoms with Gasteiger partial charge in [-0.25, -0.2) is 8.78 Å². The smallest absolute Gasteiger partial charge is 0.233 e. The Hall–Kier alpha value is -2.78. The third kappa shape index (κ3) is 6.01. The summed E-state index contributed by atoms with van der Waals surface area (Å²) in [5.74, 6) is -0.0193. The van der Waals surface area contributed by atoms with Crippen molar-refractivity contribution in [2.45, 2.75) is 56.1 Å². The van der Waals surface area contributed by atoms with Crippen LogP contribution in [0.25, 0.3) is 5.69 Å². The van der Waals surface area contributed by atoms with Crippen LogP contribution in [0.15, 0.2) is 53.7 Å². The van der Waals surface area contributed by atoms with E-state index in [2.05, 4.69) is 20.4 Å². The van der Waals surface area contributed by atoms with Crippen LogP contribution in [0.1, 0.15) is 50.5 Å². The second-order valence-corrected chi connectivity index (χ2v) is 9.90. The molecule has 0 aliphatic carbocycles. The van der Waals surface area contributed by atoms with Gasteiger partial charge in [0, 0.05) is 5.69 Å². The Labute approximate surface area is 202 Å². The van der Waals surface area contributed by atoms with Gasteiger partial charge in [0.05, 0.1) is 17.8 Å². The number of piperidine rings is 1. The number of likely N-dealkylation sites (tertiary alicyclic amines) is 1. The minimum Gasteiger partial charge on any atom is -0.349 e. The number of carbonyl (C=O) groups excluding carboxylic acids is 1. The van der Waals surface area contributed by atoms with Crippen LogP contribution < -0.4 is 5.32 Å². The molecular weight excluding hydrogens is 456 g/mol. The van der Waals surface area contributed by atoms with E-state index in [1.165, 1.54) is 42.4 Å². The van der Waals surface area contributed by atoms with Crippen LogP contribution in [0.3, 0.4) is 0 Å². The summed E-state index contributed by atoms with van der Waals surface area (Å²) in [4.78, 5) is 15.2. The highest BCUT2D eigenvalue weighted by atomic mass is 32.2. The van der Waals surface area contributed by atoms with Crippen molar-refractivity contribution in [1.29, 1.82) is 0 Å². The molecule has 1 aromatic heterocycles. The summed E-state index contributed by atoms with van der Waals surface area (Å²) >= 11 is 1.30. The minimum absolute atomic E-state index is 0.159. The first-order valence-electron chi connectivity index (χ1n) is 11.6. The lowest BCUT2D eigenvalue weighted by Gasteiger charge is -2.26. The van der Waals surface area contributed by atoms with Gasteiger partial charge < -0.3 is 5.32 Å². The van der Waals surface area contributed by atoms with Gasteiger partial charge >= 0.3 is 0 Å². The quantitative estimate of drug-likeness (QED) is 0.461. The maximum absolute atomic E-state index is 13.6. The Morgan fingerprint density at radius 2 is 1.59 bits per heavy atom. The number of thioether (sulfide) groups is 1. The van der Waals surface area contributed by atoms with Crippen LogP contribution in [0.5, 0.6) is 0 Å². The molecule has 1 N–H and O–H groups in total. The van der Waals surface area contributed by atoms with Gasteiger partial charge in [0.25, 0.3) is 0 Å². The highest BCUT2D eigenvalue weighted by molar-refractivity contribution is 8.00. The molecule has 1 aliphatic heterocycles. The largest absolute Gasteiger partial charge is 0.349 e. The molecule has 1 saturated heterocycles. The van der Waals surface area contributed by atoms with E-state index in [1.54, 1.807) is 24.3 Å².